The van der Waals surface area contributed by atoms with Crippen LogP contribution in [0, 0.1) is 0 Å². The van der Waals surface area contributed by atoms with Crippen molar-refractivity contribution in [2.75, 3.05) is 15.6 Å². The maximum Gasteiger partial charge on any atom is 0.271 e. The summed E-state index contributed by atoms with van der Waals surface area (Å²) in [6.45, 7) is 0. The Morgan fingerprint density at radius 3 is 2.31 bits per heavy atom. The number of hydrogen-bond acceptors (Lipinski definition) is 6. The average molecular weight is 428 g/mol. The zero-order valence-electron chi connectivity index (χ0n) is 16.9. The lowest BCUT2D eigenvalue weighted by molar-refractivity contribution is -0.119. The van der Waals surface area contributed by atoms with Gasteiger partial charge in [-0.05, 0) is 42.5 Å². The Kier molecular flexibility index (Phi) is 5.89. The van der Waals surface area contributed by atoms with Crippen LogP contribution in [0.15, 0.2) is 84.2 Å². The first-order valence-corrected chi connectivity index (χ1v) is 9.85. The highest BCUT2D eigenvalue weighted by Crippen LogP contribution is 2.25. The first-order valence-electron chi connectivity index (χ1n) is 9.85. The van der Waals surface area contributed by atoms with E-state index < -0.39 is 17.9 Å². The molecule has 0 saturated carbocycles. The topological polar surface area (TPSA) is 130 Å². The molecule has 1 unspecified atom stereocenters. The summed E-state index contributed by atoms with van der Waals surface area (Å²) in [5, 5.41) is 11.3. The lowest BCUT2D eigenvalue weighted by Gasteiger charge is -2.20. The summed E-state index contributed by atoms with van der Waals surface area (Å²) in [5.41, 5.74) is 7.76. The number of anilines is 3. The number of hydrazone groups is 1. The molecule has 0 saturated heterocycles. The molecule has 1 aliphatic rings. The van der Waals surface area contributed by atoms with Gasteiger partial charge in [-0.3, -0.25) is 24.4 Å². The quantitative estimate of drug-likeness (QED) is 0.555. The van der Waals surface area contributed by atoms with Crippen LogP contribution in [0.5, 0.6) is 0 Å². The summed E-state index contributed by atoms with van der Waals surface area (Å²) in [4.78, 5) is 41.1. The fourth-order valence-corrected chi connectivity index (χ4v) is 3.27. The second kappa shape index (κ2) is 9.09. The Morgan fingerprint density at radius 2 is 1.59 bits per heavy atom. The molecule has 1 aromatic heterocycles. The van der Waals surface area contributed by atoms with E-state index in [1.165, 1.54) is 5.01 Å². The maximum atomic E-state index is 12.8. The van der Waals surface area contributed by atoms with Crippen LogP contribution in [0.2, 0.25) is 0 Å². The SMILES string of the molecule is NC(=O)C1CC(C(=O)Nc2cccc(C(=O)Nc3ccncc3)c2)=NN1c1ccccc1. The fourth-order valence-electron chi connectivity index (χ4n) is 3.27. The Morgan fingerprint density at radius 1 is 0.875 bits per heavy atom. The largest absolute Gasteiger partial charge is 0.368 e. The van der Waals surface area contributed by atoms with E-state index in [1.807, 2.05) is 18.2 Å². The first kappa shape index (κ1) is 20.7. The maximum absolute atomic E-state index is 12.8. The molecular formula is C23H20N6O3. The summed E-state index contributed by atoms with van der Waals surface area (Å²) in [5.74, 6) is -1.37. The van der Waals surface area contributed by atoms with Crippen LogP contribution in [-0.4, -0.2) is 34.5 Å². The number of hydrogen-bond donors (Lipinski definition) is 3. The monoisotopic (exact) mass is 428 g/mol. The summed E-state index contributed by atoms with van der Waals surface area (Å²) in [6.07, 6.45) is 3.23. The lowest BCUT2D eigenvalue weighted by atomic mass is 10.1. The van der Waals surface area contributed by atoms with Crippen LogP contribution in [0.1, 0.15) is 16.8 Å². The number of nitrogens with one attached hydrogen (secondary N) is 2. The van der Waals surface area contributed by atoms with Crippen molar-refractivity contribution in [1.29, 1.82) is 0 Å². The van der Waals surface area contributed by atoms with Crippen LogP contribution < -0.4 is 21.4 Å². The molecule has 0 aliphatic carbocycles. The van der Waals surface area contributed by atoms with Crippen molar-refractivity contribution >= 4 is 40.5 Å². The van der Waals surface area contributed by atoms with Crippen molar-refractivity contribution in [2.24, 2.45) is 10.8 Å². The van der Waals surface area contributed by atoms with Crippen molar-refractivity contribution in [3.05, 3.63) is 84.7 Å². The molecule has 0 spiro atoms. The molecule has 4 N–H and O–H groups in total. The molecular weight excluding hydrogens is 408 g/mol. The highest BCUT2D eigenvalue weighted by molar-refractivity contribution is 6.44. The molecule has 4 rings (SSSR count). The van der Waals surface area contributed by atoms with Gasteiger partial charge in [0.05, 0.1) is 5.69 Å². The molecule has 32 heavy (non-hydrogen) atoms. The van der Waals surface area contributed by atoms with Crippen molar-refractivity contribution in [3.8, 4) is 0 Å². The van der Waals surface area contributed by atoms with Crippen molar-refractivity contribution in [3.63, 3.8) is 0 Å². The van der Waals surface area contributed by atoms with Gasteiger partial charge in [0.25, 0.3) is 11.8 Å². The van der Waals surface area contributed by atoms with E-state index in [0.717, 1.165) is 0 Å². The average Bonchev–Trinajstić information content (AvgIpc) is 3.27. The van der Waals surface area contributed by atoms with E-state index in [9.17, 15) is 14.4 Å². The third kappa shape index (κ3) is 4.62. The van der Waals surface area contributed by atoms with Crippen LogP contribution in [-0.2, 0) is 9.59 Å². The lowest BCUT2D eigenvalue weighted by Crippen LogP contribution is -2.39. The number of primary amides is 1. The number of nitrogens with zero attached hydrogens (tertiary/aromatic N) is 3. The first-order chi connectivity index (χ1) is 15.5. The van der Waals surface area contributed by atoms with Crippen molar-refractivity contribution in [2.45, 2.75) is 12.5 Å². The second-order valence-electron chi connectivity index (χ2n) is 7.07. The molecule has 2 aromatic carbocycles. The van der Waals surface area contributed by atoms with Crippen LogP contribution >= 0.6 is 0 Å². The van der Waals surface area contributed by atoms with Crippen molar-refractivity contribution < 1.29 is 14.4 Å². The van der Waals surface area contributed by atoms with Gasteiger partial charge in [0.1, 0.15) is 11.8 Å². The van der Waals surface area contributed by atoms with E-state index in [1.54, 1.807) is 60.9 Å². The number of amides is 3. The minimum absolute atomic E-state index is 0.0816. The zero-order valence-corrected chi connectivity index (χ0v) is 16.9. The predicted octanol–water partition coefficient (Wildman–Crippen LogP) is 2.39. The van der Waals surface area contributed by atoms with Gasteiger partial charge < -0.3 is 16.4 Å². The van der Waals surface area contributed by atoms with Crippen molar-refractivity contribution in [1.82, 2.24) is 4.98 Å². The molecule has 0 fully saturated rings. The predicted molar refractivity (Wildman–Crippen MR) is 121 cm³/mol. The third-order valence-corrected chi connectivity index (χ3v) is 4.84. The fraction of sp³-hybridized carbons (Fsp3) is 0.0870. The minimum atomic E-state index is -0.754. The molecule has 9 nitrogen and oxygen atoms in total. The number of carbonyl (C=O) groups is 3. The Balaban J connectivity index is 1.48. The Labute approximate surface area is 183 Å². The summed E-state index contributed by atoms with van der Waals surface area (Å²) in [6, 6.07) is 18.1. The summed E-state index contributed by atoms with van der Waals surface area (Å²) < 4.78 is 0. The molecule has 3 amide bonds. The van der Waals surface area contributed by atoms with Crippen LogP contribution in [0.3, 0.4) is 0 Å². The summed E-state index contributed by atoms with van der Waals surface area (Å²) in [7, 11) is 0. The van der Waals surface area contributed by atoms with E-state index in [-0.39, 0.29) is 18.0 Å². The molecule has 3 aromatic rings. The Hall–Kier alpha value is -4.53. The Bertz CT molecular complexity index is 1180. The highest BCUT2D eigenvalue weighted by Gasteiger charge is 2.35. The molecule has 9 heteroatoms. The van der Waals surface area contributed by atoms with E-state index in [0.29, 0.717) is 22.6 Å². The molecule has 1 aliphatic heterocycles. The van der Waals surface area contributed by atoms with Crippen LogP contribution in [0.25, 0.3) is 0 Å². The molecule has 0 radical (unpaired) electrons. The van der Waals surface area contributed by atoms with E-state index >= 15 is 0 Å². The standard InChI is InChI=1S/C23H20N6O3/c24-21(30)20-14-19(28-29(20)18-7-2-1-3-8-18)23(32)27-17-6-4-5-15(13-17)22(31)26-16-9-11-25-12-10-16/h1-13,20H,14H2,(H2,24,30)(H,27,32)(H,25,26,31). The van der Waals surface area contributed by atoms with Gasteiger partial charge in [-0.15, -0.1) is 0 Å². The van der Waals surface area contributed by atoms with Gasteiger partial charge in [-0.2, -0.15) is 5.10 Å². The minimum Gasteiger partial charge on any atom is -0.368 e. The van der Waals surface area contributed by atoms with E-state index in [4.69, 9.17) is 5.73 Å². The number of aromatic nitrogens is 1. The zero-order chi connectivity index (χ0) is 22.5. The molecule has 1 atom stereocenters. The number of carbonyl (C=O) groups excluding carboxylic acids is 3. The number of para-hydroxylation sites is 1. The number of pyridine rings is 1. The number of benzene rings is 2. The van der Waals surface area contributed by atoms with E-state index in [2.05, 4.69) is 20.7 Å². The van der Waals surface area contributed by atoms with Gasteiger partial charge in [0.2, 0.25) is 5.91 Å². The van der Waals surface area contributed by atoms with Gasteiger partial charge in [0.15, 0.2) is 0 Å². The van der Waals surface area contributed by atoms with Gasteiger partial charge >= 0.3 is 0 Å². The second-order valence-corrected chi connectivity index (χ2v) is 7.07. The molecule has 160 valence electrons. The van der Waals surface area contributed by atoms with Gasteiger partial charge in [-0.25, -0.2) is 0 Å². The van der Waals surface area contributed by atoms with Gasteiger partial charge in [0, 0.05) is 35.8 Å². The summed E-state index contributed by atoms with van der Waals surface area (Å²) >= 11 is 0. The highest BCUT2D eigenvalue weighted by atomic mass is 16.2. The number of nitrogens with two attached hydrogens (primary N) is 1. The third-order valence-electron chi connectivity index (χ3n) is 4.84. The molecule has 0 bridgehead atoms. The van der Waals surface area contributed by atoms with Gasteiger partial charge in [-0.1, -0.05) is 24.3 Å². The number of rotatable bonds is 6. The molecule has 2 heterocycles. The smallest absolute Gasteiger partial charge is 0.271 e. The van der Waals surface area contributed by atoms with Crippen LogP contribution in [0.4, 0.5) is 17.1 Å². The normalized spacial score (nSPS) is 15.1.